The van der Waals surface area contributed by atoms with Gasteiger partial charge in [-0.25, -0.2) is 0 Å². The fourth-order valence-electron chi connectivity index (χ4n) is 1.26. The molecular formula is C11H17N3O2. The number of rotatable bonds is 5. The first kappa shape index (κ1) is 12.4. The first-order valence-electron chi connectivity index (χ1n) is 5.19. The molecule has 1 amide bonds. The second-order valence-electron chi connectivity index (χ2n) is 3.59. The number of likely N-dealkylation sites (N-methyl/N-ethyl adjacent to an activating group) is 2. The lowest BCUT2D eigenvalue weighted by molar-refractivity contribution is -0.130. The fourth-order valence-corrected chi connectivity index (χ4v) is 1.26. The molecule has 1 aromatic heterocycles. The van der Waals surface area contributed by atoms with Gasteiger partial charge in [-0.2, -0.15) is 0 Å². The van der Waals surface area contributed by atoms with Crippen LogP contribution < -0.4 is 10.9 Å². The first-order chi connectivity index (χ1) is 7.65. The van der Waals surface area contributed by atoms with Crippen LogP contribution in [0, 0.1) is 0 Å². The van der Waals surface area contributed by atoms with Crippen molar-refractivity contribution in [1.82, 2.24) is 14.8 Å². The summed E-state index contributed by atoms with van der Waals surface area (Å²) in [7, 11) is 3.56. The summed E-state index contributed by atoms with van der Waals surface area (Å²) in [6.45, 7) is 1.47. The number of aromatic nitrogens is 1. The topological polar surface area (TPSA) is 54.3 Å². The summed E-state index contributed by atoms with van der Waals surface area (Å²) in [5, 5.41) is 2.97. The van der Waals surface area contributed by atoms with E-state index in [1.54, 1.807) is 30.3 Å². The number of hydrogen-bond donors (Lipinski definition) is 1. The quantitative estimate of drug-likeness (QED) is 0.734. The Morgan fingerprint density at radius 3 is 2.88 bits per heavy atom. The van der Waals surface area contributed by atoms with Crippen molar-refractivity contribution in [1.29, 1.82) is 0 Å². The van der Waals surface area contributed by atoms with Crippen LogP contribution in [0.2, 0.25) is 0 Å². The van der Waals surface area contributed by atoms with E-state index >= 15 is 0 Å². The van der Waals surface area contributed by atoms with E-state index in [2.05, 4.69) is 5.32 Å². The van der Waals surface area contributed by atoms with Crippen LogP contribution in [0.4, 0.5) is 0 Å². The molecule has 0 aliphatic heterocycles. The summed E-state index contributed by atoms with van der Waals surface area (Å²) in [4.78, 5) is 24.7. The molecule has 16 heavy (non-hydrogen) atoms. The van der Waals surface area contributed by atoms with Gasteiger partial charge in [-0.05, 0) is 13.1 Å². The molecule has 5 heteroatoms. The van der Waals surface area contributed by atoms with Gasteiger partial charge in [0.1, 0.15) is 6.54 Å². The maximum atomic E-state index is 11.7. The van der Waals surface area contributed by atoms with Crippen LogP contribution >= 0.6 is 0 Å². The third kappa shape index (κ3) is 3.51. The molecule has 0 saturated carbocycles. The van der Waals surface area contributed by atoms with Crippen molar-refractivity contribution in [2.24, 2.45) is 0 Å². The van der Waals surface area contributed by atoms with E-state index in [1.807, 2.05) is 7.05 Å². The second kappa shape index (κ2) is 6.07. The number of hydrogen-bond acceptors (Lipinski definition) is 3. The highest BCUT2D eigenvalue weighted by molar-refractivity contribution is 5.75. The standard InChI is InChI=1S/C11H17N3O2/c1-12-6-8-13(2)11(16)9-14-7-4-3-5-10(14)15/h3-5,7,12H,6,8-9H2,1-2H3. The normalized spacial score (nSPS) is 10.1. The third-order valence-electron chi connectivity index (χ3n) is 2.33. The smallest absolute Gasteiger partial charge is 0.250 e. The van der Waals surface area contributed by atoms with Crippen LogP contribution in [0.3, 0.4) is 0 Å². The van der Waals surface area contributed by atoms with E-state index < -0.39 is 0 Å². The highest BCUT2D eigenvalue weighted by atomic mass is 16.2. The van der Waals surface area contributed by atoms with Crippen LogP contribution in [0.1, 0.15) is 0 Å². The van der Waals surface area contributed by atoms with Crippen molar-refractivity contribution in [2.45, 2.75) is 6.54 Å². The summed E-state index contributed by atoms with van der Waals surface area (Å²) >= 11 is 0. The minimum absolute atomic E-state index is 0.0662. The average molecular weight is 223 g/mol. The molecule has 0 aromatic carbocycles. The molecular weight excluding hydrogens is 206 g/mol. The van der Waals surface area contributed by atoms with E-state index in [9.17, 15) is 9.59 Å². The van der Waals surface area contributed by atoms with E-state index in [0.717, 1.165) is 6.54 Å². The highest BCUT2D eigenvalue weighted by Gasteiger charge is 2.08. The number of nitrogens with zero attached hydrogens (tertiary/aromatic N) is 2. The van der Waals surface area contributed by atoms with Crippen LogP contribution in [0.25, 0.3) is 0 Å². The van der Waals surface area contributed by atoms with Crippen molar-refractivity contribution in [3.63, 3.8) is 0 Å². The maximum absolute atomic E-state index is 11.7. The Morgan fingerprint density at radius 1 is 1.50 bits per heavy atom. The van der Waals surface area contributed by atoms with Gasteiger partial charge >= 0.3 is 0 Å². The predicted octanol–water partition coefficient (Wildman–Crippen LogP) is -0.474. The van der Waals surface area contributed by atoms with Gasteiger partial charge < -0.3 is 14.8 Å². The zero-order chi connectivity index (χ0) is 12.0. The molecule has 0 aliphatic rings. The Balaban J connectivity index is 2.58. The van der Waals surface area contributed by atoms with Gasteiger partial charge in [0.25, 0.3) is 5.56 Å². The first-order valence-corrected chi connectivity index (χ1v) is 5.19. The number of nitrogens with one attached hydrogen (secondary N) is 1. The molecule has 0 aliphatic carbocycles. The molecule has 5 nitrogen and oxygen atoms in total. The van der Waals surface area contributed by atoms with Gasteiger partial charge in [0.2, 0.25) is 5.91 Å². The molecule has 1 heterocycles. The zero-order valence-corrected chi connectivity index (χ0v) is 9.64. The second-order valence-corrected chi connectivity index (χ2v) is 3.59. The summed E-state index contributed by atoms with van der Waals surface area (Å²) in [6.07, 6.45) is 1.62. The molecule has 1 N–H and O–H groups in total. The van der Waals surface area contributed by atoms with E-state index in [-0.39, 0.29) is 18.0 Å². The Morgan fingerprint density at radius 2 is 2.25 bits per heavy atom. The number of amides is 1. The van der Waals surface area contributed by atoms with E-state index in [1.165, 1.54) is 10.6 Å². The average Bonchev–Trinajstić information content (AvgIpc) is 2.28. The molecule has 0 saturated heterocycles. The largest absolute Gasteiger partial charge is 0.343 e. The molecule has 1 rings (SSSR count). The zero-order valence-electron chi connectivity index (χ0n) is 9.64. The monoisotopic (exact) mass is 223 g/mol. The lowest BCUT2D eigenvalue weighted by Gasteiger charge is -2.17. The van der Waals surface area contributed by atoms with Gasteiger partial charge in [-0.3, -0.25) is 9.59 Å². The van der Waals surface area contributed by atoms with Gasteiger partial charge in [0, 0.05) is 32.4 Å². The van der Waals surface area contributed by atoms with Crippen molar-refractivity contribution < 1.29 is 4.79 Å². The van der Waals surface area contributed by atoms with Crippen molar-refractivity contribution in [3.05, 3.63) is 34.7 Å². The summed E-state index contributed by atoms with van der Waals surface area (Å²) in [5.74, 6) is -0.0662. The summed E-state index contributed by atoms with van der Waals surface area (Å²) in [6, 6.07) is 4.84. The molecule has 0 unspecified atom stereocenters. The maximum Gasteiger partial charge on any atom is 0.250 e. The van der Waals surface area contributed by atoms with Crippen LogP contribution in [-0.2, 0) is 11.3 Å². The molecule has 0 spiro atoms. The van der Waals surface area contributed by atoms with Crippen molar-refractivity contribution in [3.8, 4) is 0 Å². The van der Waals surface area contributed by atoms with Gasteiger partial charge in [-0.1, -0.05) is 6.07 Å². The molecule has 0 atom stereocenters. The number of carbonyl (C=O) groups excluding carboxylic acids is 1. The lowest BCUT2D eigenvalue weighted by Crippen LogP contribution is -2.36. The number of pyridine rings is 1. The highest BCUT2D eigenvalue weighted by Crippen LogP contribution is 1.89. The third-order valence-corrected chi connectivity index (χ3v) is 2.33. The Kier molecular flexibility index (Phi) is 4.72. The lowest BCUT2D eigenvalue weighted by atomic mass is 10.4. The van der Waals surface area contributed by atoms with Gasteiger partial charge in [-0.15, -0.1) is 0 Å². The molecule has 0 fully saturated rings. The molecule has 88 valence electrons. The fraction of sp³-hybridized carbons (Fsp3) is 0.455. The predicted molar refractivity (Wildman–Crippen MR) is 62.3 cm³/mol. The van der Waals surface area contributed by atoms with Crippen LogP contribution in [-0.4, -0.2) is 42.6 Å². The van der Waals surface area contributed by atoms with Gasteiger partial charge in [0.15, 0.2) is 0 Å². The Bertz CT molecular complexity index is 400. The minimum atomic E-state index is -0.155. The van der Waals surface area contributed by atoms with E-state index in [4.69, 9.17) is 0 Å². The minimum Gasteiger partial charge on any atom is -0.343 e. The van der Waals surface area contributed by atoms with Crippen LogP contribution in [0.15, 0.2) is 29.2 Å². The molecule has 0 bridgehead atoms. The Hall–Kier alpha value is -1.62. The van der Waals surface area contributed by atoms with E-state index in [0.29, 0.717) is 6.54 Å². The van der Waals surface area contributed by atoms with Crippen molar-refractivity contribution in [2.75, 3.05) is 27.2 Å². The Labute approximate surface area is 94.7 Å². The van der Waals surface area contributed by atoms with Crippen molar-refractivity contribution >= 4 is 5.91 Å². The number of carbonyl (C=O) groups is 1. The molecule has 1 aromatic rings. The summed E-state index contributed by atoms with van der Waals surface area (Å²) < 4.78 is 1.40. The van der Waals surface area contributed by atoms with Gasteiger partial charge in [0.05, 0.1) is 0 Å². The SMILES string of the molecule is CNCCN(C)C(=O)Cn1ccccc1=O. The van der Waals surface area contributed by atoms with Crippen LogP contribution in [0.5, 0.6) is 0 Å². The molecule has 0 radical (unpaired) electrons. The summed E-state index contributed by atoms with van der Waals surface area (Å²) in [5.41, 5.74) is -0.155.